The summed E-state index contributed by atoms with van der Waals surface area (Å²) < 4.78 is 4.88. The summed E-state index contributed by atoms with van der Waals surface area (Å²) in [6, 6.07) is 11.6. The zero-order valence-electron chi connectivity index (χ0n) is 20.5. The normalized spacial score (nSPS) is 13.9. The fraction of sp³-hybridized carbons (Fsp3) is 0.269. The van der Waals surface area contributed by atoms with Crippen molar-refractivity contribution >= 4 is 46.6 Å². The molecule has 3 aromatic rings. The number of benzene rings is 1. The lowest BCUT2D eigenvalue weighted by molar-refractivity contribution is -0.143. The van der Waals surface area contributed by atoms with Gasteiger partial charge in [0, 0.05) is 31.2 Å². The Bertz CT molecular complexity index is 1270. The van der Waals surface area contributed by atoms with Crippen molar-refractivity contribution < 1.29 is 14.3 Å². The van der Waals surface area contributed by atoms with E-state index in [0.29, 0.717) is 10.9 Å². The fourth-order valence-electron chi connectivity index (χ4n) is 4.18. The van der Waals surface area contributed by atoms with Gasteiger partial charge in [0.05, 0.1) is 23.2 Å². The van der Waals surface area contributed by atoms with E-state index in [1.807, 2.05) is 24.4 Å². The first kappa shape index (κ1) is 26.3. The zero-order valence-corrected chi connectivity index (χ0v) is 22.0. The Morgan fingerprint density at radius 1 is 1.16 bits per heavy atom. The van der Waals surface area contributed by atoms with E-state index in [1.54, 1.807) is 13.1 Å². The van der Waals surface area contributed by atoms with E-state index in [4.69, 9.17) is 28.6 Å². The van der Waals surface area contributed by atoms with Gasteiger partial charge in [-0.2, -0.15) is 0 Å². The second-order valence-electron chi connectivity index (χ2n) is 8.45. The minimum absolute atomic E-state index is 0.172. The van der Waals surface area contributed by atoms with Crippen LogP contribution in [-0.4, -0.2) is 52.1 Å². The molecule has 1 unspecified atom stereocenters. The highest BCUT2D eigenvalue weighted by Gasteiger charge is 2.24. The van der Waals surface area contributed by atoms with Gasteiger partial charge in [-0.15, -0.1) is 0 Å². The van der Waals surface area contributed by atoms with Crippen LogP contribution < -0.4 is 16.2 Å². The van der Waals surface area contributed by atoms with Gasteiger partial charge in [0.1, 0.15) is 6.54 Å². The smallest absolute Gasteiger partial charge is 0.325 e. The van der Waals surface area contributed by atoms with Gasteiger partial charge >= 0.3 is 5.97 Å². The third kappa shape index (κ3) is 6.33. The number of nitrogens with one attached hydrogen (secondary N) is 3. The Hall–Kier alpha value is -3.76. The highest BCUT2D eigenvalue weighted by molar-refractivity contribution is 7.80. The molecule has 0 fully saturated rings. The first-order chi connectivity index (χ1) is 17.9. The van der Waals surface area contributed by atoms with Crippen LogP contribution in [0.4, 0.5) is 5.82 Å². The number of rotatable bonds is 7. The Kier molecular flexibility index (Phi) is 8.52. The largest absolute Gasteiger partial charge is 0.465 e. The monoisotopic (exact) mass is 538 g/mol. The van der Waals surface area contributed by atoms with Crippen molar-refractivity contribution in [2.45, 2.75) is 25.8 Å². The summed E-state index contributed by atoms with van der Waals surface area (Å²) in [6.07, 6.45) is 6.91. The Balaban J connectivity index is 1.42. The van der Waals surface area contributed by atoms with Gasteiger partial charge < -0.3 is 15.0 Å². The van der Waals surface area contributed by atoms with E-state index in [-0.39, 0.29) is 29.8 Å². The number of ether oxygens (including phenoxy) is 1. The van der Waals surface area contributed by atoms with Crippen LogP contribution in [0.2, 0.25) is 5.02 Å². The van der Waals surface area contributed by atoms with Crippen molar-refractivity contribution in [3.8, 4) is 0 Å². The molecule has 0 saturated heterocycles. The molecule has 11 heteroatoms. The minimum atomic E-state index is -0.490. The number of hydrazine groups is 1. The van der Waals surface area contributed by atoms with Gasteiger partial charge in [-0.1, -0.05) is 35.9 Å². The van der Waals surface area contributed by atoms with Crippen molar-refractivity contribution in [1.82, 2.24) is 25.6 Å². The number of anilines is 1. The van der Waals surface area contributed by atoms with Crippen molar-refractivity contribution in [3.63, 3.8) is 0 Å². The third-order valence-electron chi connectivity index (χ3n) is 5.96. The van der Waals surface area contributed by atoms with Crippen molar-refractivity contribution in [1.29, 1.82) is 0 Å². The lowest BCUT2D eigenvalue weighted by atomic mass is 9.96. The van der Waals surface area contributed by atoms with E-state index >= 15 is 0 Å². The molecule has 0 spiro atoms. The Morgan fingerprint density at radius 2 is 1.92 bits per heavy atom. The number of carbonyl (C=O) groups is 2. The van der Waals surface area contributed by atoms with Gasteiger partial charge in [0.15, 0.2) is 10.9 Å². The predicted octanol–water partition coefficient (Wildman–Crippen LogP) is 3.44. The van der Waals surface area contributed by atoms with Gasteiger partial charge in [0.2, 0.25) is 0 Å². The number of thiocarbonyl (C=S) groups is 1. The van der Waals surface area contributed by atoms with E-state index in [0.717, 1.165) is 24.0 Å². The number of nitrogens with zero attached hydrogens (tertiary/aromatic N) is 3. The molecule has 2 aromatic heterocycles. The summed E-state index contributed by atoms with van der Waals surface area (Å²) in [5, 5.41) is 3.92. The topological polar surface area (TPSA) is 108 Å². The Labute approximate surface area is 225 Å². The maximum atomic E-state index is 12.6. The molecule has 3 N–H and O–H groups in total. The van der Waals surface area contributed by atoms with Gasteiger partial charge in [-0.25, -0.2) is 4.98 Å². The molecule has 0 aliphatic heterocycles. The van der Waals surface area contributed by atoms with Gasteiger partial charge in [-0.05, 0) is 60.8 Å². The lowest BCUT2D eigenvalue weighted by Gasteiger charge is -2.23. The number of aromatic nitrogens is 2. The number of aryl methyl sites for hydroxylation is 2. The molecule has 0 radical (unpaired) electrons. The number of fused-ring (bicyclic) bond motifs is 2. The van der Waals surface area contributed by atoms with Crippen LogP contribution in [0, 0.1) is 0 Å². The first-order valence-corrected chi connectivity index (χ1v) is 12.6. The molecule has 1 atom stereocenters. The van der Waals surface area contributed by atoms with E-state index in [2.05, 4.69) is 38.3 Å². The highest BCUT2D eigenvalue weighted by atomic mass is 35.5. The van der Waals surface area contributed by atoms with Crippen molar-refractivity contribution in [2.24, 2.45) is 0 Å². The van der Waals surface area contributed by atoms with Crippen LogP contribution in [0.3, 0.4) is 0 Å². The summed E-state index contributed by atoms with van der Waals surface area (Å²) in [5.41, 5.74) is 10.8. The standard InChI is InChI=1S/C26H27ClN6O3S/c1-3-36-22(34)15-33(2)25(35)18-12-21(27)24(29-13-18)31-32-26(37)30-23-19-7-5-4-6-16(19)8-9-17-10-11-28-14-20(17)23/h4-7,10-14,23H,3,8-9,15H2,1-2H3,(H,29,31)(H2,30,32,37). The minimum Gasteiger partial charge on any atom is -0.465 e. The summed E-state index contributed by atoms with van der Waals surface area (Å²) >= 11 is 11.9. The van der Waals surface area contributed by atoms with Crippen LogP contribution in [0.25, 0.3) is 0 Å². The van der Waals surface area contributed by atoms with E-state index in [1.165, 1.54) is 35.3 Å². The maximum Gasteiger partial charge on any atom is 0.325 e. The zero-order chi connectivity index (χ0) is 26.4. The van der Waals surface area contributed by atoms with Crippen LogP contribution in [-0.2, 0) is 22.4 Å². The number of amides is 1. The van der Waals surface area contributed by atoms with Gasteiger partial charge in [0.25, 0.3) is 5.91 Å². The molecule has 1 aromatic carbocycles. The molecule has 9 nitrogen and oxygen atoms in total. The number of halogens is 1. The Morgan fingerprint density at radius 3 is 2.68 bits per heavy atom. The molecule has 1 amide bonds. The molecular formula is C26H27ClN6O3S. The third-order valence-corrected chi connectivity index (χ3v) is 6.47. The second-order valence-corrected chi connectivity index (χ2v) is 9.27. The number of pyridine rings is 2. The average Bonchev–Trinajstić information content (AvgIpc) is 3.05. The summed E-state index contributed by atoms with van der Waals surface area (Å²) in [7, 11) is 1.50. The predicted molar refractivity (Wildman–Crippen MR) is 145 cm³/mol. The number of esters is 1. The van der Waals surface area contributed by atoms with Gasteiger partial charge in [-0.3, -0.25) is 25.4 Å². The molecule has 37 heavy (non-hydrogen) atoms. The van der Waals surface area contributed by atoms with E-state index < -0.39 is 11.9 Å². The lowest BCUT2D eigenvalue weighted by Crippen LogP contribution is -2.41. The maximum absolute atomic E-state index is 12.6. The summed E-state index contributed by atoms with van der Waals surface area (Å²) in [6.45, 7) is 1.78. The number of likely N-dealkylation sites (N-methyl/N-ethyl adjacent to an activating group) is 1. The molecule has 192 valence electrons. The van der Waals surface area contributed by atoms with Crippen molar-refractivity contribution in [3.05, 3.63) is 87.8 Å². The van der Waals surface area contributed by atoms with Crippen LogP contribution >= 0.6 is 23.8 Å². The molecule has 2 heterocycles. The summed E-state index contributed by atoms with van der Waals surface area (Å²) in [4.78, 5) is 34.1. The number of carbonyl (C=O) groups excluding carboxylic acids is 2. The highest BCUT2D eigenvalue weighted by Crippen LogP contribution is 2.32. The molecule has 0 bridgehead atoms. The average molecular weight is 539 g/mol. The molecule has 1 aliphatic carbocycles. The van der Waals surface area contributed by atoms with Crippen LogP contribution in [0.15, 0.2) is 55.0 Å². The fourth-order valence-corrected chi connectivity index (χ4v) is 4.56. The van der Waals surface area contributed by atoms with Crippen molar-refractivity contribution in [2.75, 3.05) is 25.6 Å². The summed E-state index contributed by atoms with van der Waals surface area (Å²) in [5.74, 6) is -0.604. The molecule has 1 aliphatic rings. The number of hydrogen-bond acceptors (Lipinski definition) is 7. The SMILES string of the molecule is CCOC(=O)CN(C)C(=O)c1cnc(NNC(=S)NC2c3ccccc3CCc3ccncc32)c(Cl)c1. The molecular weight excluding hydrogens is 512 g/mol. The number of hydrogen-bond donors (Lipinski definition) is 3. The van der Waals surface area contributed by atoms with E-state index in [9.17, 15) is 9.59 Å². The molecule has 4 rings (SSSR count). The second kappa shape index (κ2) is 12.0. The molecule has 0 saturated carbocycles. The van der Waals surface area contributed by atoms with Crippen LogP contribution in [0.1, 0.15) is 45.6 Å². The quantitative estimate of drug-likeness (QED) is 0.237. The van der Waals surface area contributed by atoms with Crippen LogP contribution in [0.5, 0.6) is 0 Å². The first-order valence-electron chi connectivity index (χ1n) is 11.8.